The number of hydrogen-bond donors (Lipinski definition) is 5. The summed E-state index contributed by atoms with van der Waals surface area (Å²) in [6, 6.07) is -0.999. The molecule has 5 N–H and O–H groups in total. The van der Waals surface area contributed by atoms with E-state index in [1.54, 1.807) is 0 Å². The van der Waals surface area contributed by atoms with Crippen LogP contribution in [-0.2, 0) is 4.79 Å². The minimum Gasteiger partial charge on any atom is -0.394 e. The van der Waals surface area contributed by atoms with Crippen LogP contribution in [0, 0.1) is 0 Å². The Balaban J connectivity index is 3.59. The van der Waals surface area contributed by atoms with E-state index in [1.165, 1.54) is 276 Å². The van der Waals surface area contributed by atoms with Gasteiger partial charge in [-0.1, -0.05) is 315 Å². The summed E-state index contributed by atoms with van der Waals surface area (Å²) in [5.41, 5.74) is 0. The van der Waals surface area contributed by atoms with E-state index in [-0.39, 0.29) is 0 Å². The number of rotatable bonds is 57. The van der Waals surface area contributed by atoms with Gasteiger partial charge < -0.3 is 25.7 Å². The summed E-state index contributed by atoms with van der Waals surface area (Å²) in [5.74, 6) is -0.585. The van der Waals surface area contributed by atoms with E-state index in [4.69, 9.17) is 0 Å². The van der Waals surface area contributed by atoms with Crippen molar-refractivity contribution in [3.63, 3.8) is 0 Å². The molecule has 4 atom stereocenters. The second kappa shape index (κ2) is 56.0. The van der Waals surface area contributed by atoms with Crippen LogP contribution in [-0.4, -0.2) is 57.3 Å². The van der Waals surface area contributed by atoms with E-state index in [0.717, 1.165) is 38.5 Å². The van der Waals surface area contributed by atoms with Crippen LogP contribution in [0.3, 0.4) is 0 Å². The number of carbonyl (C=O) groups is 1. The highest BCUT2D eigenvalue weighted by molar-refractivity contribution is 5.80. The summed E-state index contributed by atoms with van der Waals surface area (Å²) in [4.78, 5) is 12.6. The first-order valence-electron chi connectivity index (χ1n) is 30.6. The molecule has 0 aliphatic rings. The van der Waals surface area contributed by atoms with Crippen LogP contribution in [0.4, 0.5) is 0 Å². The summed E-state index contributed by atoms with van der Waals surface area (Å²) < 4.78 is 0. The van der Waals surface area contributed by atoms with Gasteiger partial charge in [0.05, 0.1) is 18.8 Å². The van der Waals surface area contributed by atoms with Crippen LogP contribution in [0.2, 0.25) is 0 Å². The Kier molecular flexibility index (Phi) is 55.2. The number of unbranched alkanes of at least 4 members (excludes halogenated alkanes) is 46. The molecular weight excluding hydrogens is 827 g/mol. The molecule has 4 unspecified atom stereocenters. The second-order valence-corrected chi connectivity index (χ2v) is 21.4. The highest BCUT2D eigenvalue weighted by Crippen LogP contribution is 2.19. The molecule has 0 aliphatic heterocycles. The minimum absolute atomic E-state index is 0.369. The maximum atomic E-state index is 12.6. The van der Waals surface area contributed by atoms with Gasteiger partial charge in [0.15, 0.2) is 0 Å². The molecule has 0 radical (unpaired) electrons. The molecule has 0 aliphatic carbocycles. The minimum atomic E-state index is -1.28. The second-order valence-electron chi connectivity index (χ2n) is 21.4. The largest absolute Gasteiger partial charge is 0.394 e. The summed E-state index contributed by atoms with van der Waals surface area (Å²) in [6.45, 7) is 4.09. The van der Waals surface area contributed by atoms with E-state index < -0.39 is 36.9 Å². The fourth-order valence-corrected chi connectivity index (χ4v) is 9.94. The summed E-state index contributed by atoms with van der Waals surface area (Å²) in [7, 11) is 0. The molecule has 6 heteroatoms. The summed E-state index contributed by atoms with van der Waals surface area (Å²) in [5, 5.41) is 44.1. The molecule has 6 nitrogen and oxygen atoms in total. The van der Waals surface area contributed by atoms with Gasteiger partial charge in [-0.3, -0.25) is 4.79 Å². The van der Waals surface area contributed by atoms with E-state index >= 15 is 0 Å². The third-order valence-corrected chi connectivity index (χ3v) is 14.7. The molecule has 0 aromatic rings. The van der Waals surface area contributed by atoms with Gasteiger partial charge in [-0.05, 0) is 38.5 Å². The zero-order valence-corrected chi connectivity index (χ0v) is 45.4. The first kappa shape index (κ1) is 66.0. The molecule has 1 amide bonds. The lowest BCUT2D eigenvalue weighted by atomic mass is 10.00. The first-order chi connectivity index (χ1) is 33.0. The monoisotopic (exact) mass is 948 g/mol. The number of aliphatic hydroxyl groups excluding tert-OH is 4. The molecule has 0 heterocycles. The Morgan fingerprint density at radius 2 is 0.612 bits per heavy atom. The van der Waals surface area contributed by atoms with Gasteiger partial charge in [0.2, 0.25) is 5.91 Å². The van der Waals surface area contributed by atoms with Crippen molar-refractivity contribution in [3.05, 3.63) is 12.2 Å². The summed E-state index contributed by atoms with van der Waals surface area (Å²) in [6.07, 6.45) is 67.3. The van der Waals surface area contributed by atoms with Crippen molar-refractivity contribution in [2.75, 3.05) is 6.61 Å². The van der Waals surface area contributed by atoms with Crippen molar-refractivity contribution >= 4 is 5.91 Å². The van der Waals surface area contributed by atoms with Crippen LogP contribution < -0.4 is 5.32 Å². The van der Waals surface area contributed by atoms with Crippen LogP contribution in [0.25, 0.3) is 0 Å². The predicted octanol–water partition coefficient (Wildman–Crippen LogP) is 18.0. The van der Waals surface area contributed by atoms with Gasteiger partial charge in [0.1, 0.15) is 12.2 Å². The van der Waals surface area contributed by atoms with E-state index in [9.17, 15) is 25.2 Å². The molecule has 0 saturated heterocycles. The van der Waals surface area contributed by atoms with Gasteiger partial charge in [0.25, 0.3) is 0 Å². The Morgan fingerprint density at radius 1 is 0.358 bits per heavy atom. The molecule has 0 rings (SSSR count). The van der Waals surface area contributed by atoms with Gasteiger partial charge in [0, 0.05) is 0 Å². The van der Waals surface area contributed by atoms with Gasteiger partial charge >= 0.3 is 0 Å². The highest BCUT2D eigenvalue weighted by Gasteiger charge is 2.28. The first-order valence-corrected chi connectivity index (χ1v) is 30.6. The van der Waals surface area contributed by atoms with Crippen molar-refractivity contribution in [2.45, 2.75) is 366 Å². The lowest BCUT2D eigenvalue weighted by Crippen LogP contribution is -2.53. The molecule has 0 fully saturated rings. The van der Waals surface area contributed by atoms with Crippen LogP contribution in [0.1, 0.15) is 341 Å². The van der Waals surface area contributed by atoms with E-state index in [1.807, 2.05) is 0 Å². The average molecular weight is 949 g/mol. The lowest BCUT2D eigenvalue weighted by molar-refractivity contribution is -0.132. The van der Waals surface area contributed by atoms with Crippen molar-refractivity contribution in [3.8, 4) is 0 Å². The third-order valence-electron chi connectivity index (χ3n) is 14.7. The SMILES string of the molecule is CCCCCCCCCCCCCCCCCCCC/C=C/CCCC(O)C(O)C(CO)NC(=O)C(O)CCCCCCCCCCCCCCCCCCCCCCCCCCCCCC. The maximum Gasteiger partial charge on any atom is 0.249 e. The lowest BCUT2D eigenvalue weighted by Gasteiger charge is -2.27. The Labute approximate surface area is 419 Å². The average Bonchev–Trinajstić information content (AvgIpc) is 3.33. The maximum absolute atomic E-state index is 12.6. The number of aliphatic hydroxyl groups is 4. The third kappa shape index (κ3) is 49.8. The van der Waals surface area contributed by atoms with Crippen molar-refractivity contribution in [1.82, 2.24) is 5.32 Å². The van der Waals surface area contributed by atoms with Crippen molar-refractivity contribution in [2.24, 2.45) is 0 Å². The molecule has 0 saturated carbocycles. The van der Waals surface area contributed by atoms with E-state index in [0.29, 0.717) is 12.8 Å². The molecule has 67 heavy (non-hydrogen) atoms. The topological polar surface area (TPSA) is 110 Å². The Hall–Kier alpha value is -0.950. The standard InChI is InChI=1S/C61H121NO5/c1-3-5-7-9-11-13-15-17-19-21-23-25-27-28-29-30-31-33-35-37-39-41-43-45-47-49-51-53-55-59(65)61(67)62-57(56-63)60(66)58(64)54-52-50-48-46-44-42-40-38-36-34-32-26-24-22-20-18-16-14-12-10-8-6-4-2/h46,48,57-60,63-66H,3-45,47,49-56H2,1-2H3,(H,62,67)/b48-46+. The molecule has 0 aromatic heterocycles. The van der Waals surface area contributed by atoms with E-state index in [2.05, 4.69) is 31.3 Å². The van der Waals surface area contributed by atoms with Crippen molar-refractivity contribution in [1.29, 1.82) is 0 Å². The van der Waals surface area contributed by atoms with Crippen LogP contribution in [0.15, 0.2) is 12.2 Å². The number of nitrogens with one attached hydrogen (secondary N) is 1. The summed E-state index contributed by atoms with van der Waals surface area (Å²) >= 11 is 0. The number of carbonyl (C=O) groups excluding carboxylic acids is 1. The Bertz CT molecular complexity index is 975. The molecular formula is C61H121NO5. The van der Waals surface area contributed by atoms with Crippen molar-refractivity contribution < 1.29 is 25.2 Å². The van der Waals surface area contributed by atoms with Crippen LogP contribution in [0.5, 0.6) is 0 Å². The Morgan fingerprint density at radius 3 is 0.896 bits per heavy atom. The molecule has 0 aromatic carbocycles. The molecule has 400 valence electrons. The highest BCUT2D eigenvalue weighted by atomic mass is 16.3. The fourth-order valence-electron chi connectivity index (χ4n) is 9.94. The number of amides is 1. The normalized spacial score (nSPS) is 13.7. The smallest absolute Gasteiger partial charge is 0.249 e. The van der Waals surface area contributed by atoms with Gasteiger partial charge in [-0.2, -0.15) is 0 Å². The zero-order valence-electron chi connectivity index (χ0n) is 45.4. The fraction of sp³-hybridized carbons (Fsp3) is 0.951. The number of allylic oxidation sites excluding steroid dienone is 2. The predicted molar refractivity (Wildman–Crippen MR) is 293 cm³/mol. The molecule has 0 bridgehead atoms. The van der Waals surface area contributed by atoms with Gasteiger partial charge in [-0.15, -0.1) is 0 Å². The van der Waals surface area contributed by atoms with Gasteiger partial charge in [-0.25, -0.2) is 0 Å². The zero-order chi connectivity index (χ0) is 48.8. The number of hydrogen-bond acceptors (Lipinski definition) is 5. The van der Waals surface area contributed by atoms with Crippen LogP contribution >= 0.6 is 0 Å². The molecule has 0 spiro atoms. The quantitative estimate of drug-likeness (QED) is 0.0308.